The van der Waals surface area contributed by atoms with Crippen LogP contribution in [0.25, 0.3) is 0 Å². The Morgan fingerprint density at radius 2 is 2.25 bits per heavy atom. The Hall–Kier alpha value is -0.540. The molecule has 1 saturated carbocycles. The van der Waals surface area contributed by atoms with Gasteiger partial charge in [0.2, 0.25) is 0 Å². The topological polar surface area (TPSA) is 32.3 Å². The minimum atomic E-state index is 0.329. The number of hydrogen-bond donors (Lipinski definition) is 2. The highest BCUT2D eigenvalue weighted by atomic mass is 79.9. The molecule has 2 rings (SSSR count). The Morgan fingerprint density at radius 3 is 2.94 bits per heavy atom. The molecule has 0 heterocycles. The van der Waals surface area contributed by atoms with E-state index in [0.29, 0.717) is 5.75 Å². The summed E-state index contributed by atoms with van der Waals surface area (Å²) in [6.45, 7) is 4.18. The first-order chi connectivity index (χ1) is 7.66. The quantitative estimate of drug-likeness (QED) is 0.869. The van der Waals surface area contributed by atoms with Crippen molar-refractivity contribution in [3.8, 4) is 5.75 Å². The summed E-state index contributed by atoms with van der Waals surface area (Å²) < 4.78 is 1.05. The fraction of sp³-hybridized carbons (Fsp3) is 0.538. The summed E-state index contributed by atoms with van der Waals surface area (Å²) >= 11 is 3.49. The molecule has 0 aromatic heterocycles. The van der Waals surface area contributed by atoms with Gasteiger partial charge in [-0.3, -0.25) is 0 Å². The maximum absolute atomic E-state index is 9.40. The number of aromatic hydroxyl groups is 1. The molecule has 88 valence electrons. The van der Waals surface area contributed by atoms with Gasteiger partial charge in [0, 0.05) is 11.0 Å². The first kappa shape index (κ1) is 11.9. The molecular weight excluding hydrogens is 266 g/mol. The van der Waals surface area contributed by atoms with Crippen LogP contribution in [-0.2, 0) is 6.54 Å². The third-order valence-corrected chi connectivity index (χ3v) is 4.01. The number of benzene rings is 1. The third kappa shape index (κ3) is 3.22. The highest BCUT2D eigenvalue weighted by molar-refractivity contribution is 9.10. The lowest BCUT2D eigenvalue weighted by atomic mass is 10.1. The van der Waals surface area contributed by atoms with Crippen LogP contribution in [0.4, 0.5) is 0 Å². The Morgan fingerprint density at radius 1 is 1.50 bits per heavy atom. The largest absolute Gasteiger partial charge is 0.508 e. The summed E-state index contributed by atoms with van der Waals surface area (Å²) in [6, 6.07) is 5.38. The van der Waals surface area contributed by atoms with Crippen molar-refractivity contribution in [2.45, 2.75) is 26.3 Å². The van der Waals surface area contributed by atoms with E-state index in [4.69, 9.17) is 0 Å². The van der Waals surface area contributed by atoms with Crippen LogP contribution in [0.15, 0.2) is 22.7 Å². The summed E-state index contributed by atoms with van der Waals surface area (Å²) in [6.07, 6.45) is 2.80. The summed E-state index contributed by atoms with van der Waals surface area (Å²) in [5.74, 6) is 2.05. The summed E-state index contributed by atoms with van der Waals surface area (Å²) in [5, 5.41) is 12.8. The van der Waals surface area contributed by atoms with E-state index < -0.39 is 0 Å². The van der Waals surface area contributed by atoms with Crippen LogP contribution in [0.1, 0.15) is 25.3 Å². The van der Waals surface area contributed by atoms with Gasteiger partial charge in [0.1, 0.15) is 5.75 Å². The number of rotatable bonds is 5. The maximum atomic E-state index is 9.40. The molecule has 0 amide bonds. The molecule has 1 fully saturated rings. The molecule has 1 unspecified atom stereocenters. The van der Waals surface area contributed by atoms with Crippen LogP contribution < -0.4 is 5.32 Å². The third-order valence-electron chi connectivity index (χ3n) is 3.24. The number of phenolic OH excluding ortho intramolecular Hbond substituents is 1. The highest BCUT2D eigenvalue weighted by Gasteiger charge is 2.27. The first-order valence-electron chi connectivity index (χ1n) is 5.85. The van der Waals surface area contributed by atoms with Crippen molar-refractivity contribution in [1.82, 2.24) is 5.32 Å². The van der Waals surface area contributed by atoms with Crippen LogP contribution in [-0.4, -0.2) is 11.7 Å². The zero-order chi connectivity index (χ0) is 11.5. The average molecular weight is 284 g/mol. The molecule has 2 nitrogen and oxygen atoms in total. The molecule has 1 aromatic rings. The Labute approximate surface area is 105 Å². The van der Waals surface area contributed by atoms with Gasteiger partial charge in [-0.25, -0.2) is 0 Å². The van der Waals surface area contributed by atoms with Gasteiger partial charge in [-0.2, -0.15) is 0 Å². The monoisotopic (exact) mass is 283 g/mol. The summed E-state index contributed by atoms with van der Waals surface area (Å²) in [7, 11) is 0. The molecule has 3 heteroatoms. The van der Waals surface area contributed by atoms with E-state index in [2.05, 4.69) is 28.2 Å². The molecule has 0 saturated heterocycles. The Bertz CT molecular complexity index is 363. The fourth-order valence-corrected chi connectivity index (χ4v) is 2.35. The normalized spacial score (nSPS) is 17.4. The van der Waals surface area contributed by atoms with Crippen LogP contribution in [0.2, 0.25) is 0 Å². The predicted molar refractivity (Wildman–Crippen MR) is 69.4 cm³/mol. The standard InChI is InChI=1S/C13H18BrNO/c1-9(10-2-3-10)7-15-8-11-6-12(16)4-5-13(11)14/h4-6,9-10,15-16H,2-3,7-8H2,1H3. The van der Waals surface area contributed by atoms with Gasteiger partial charge >= 0.3 is 0 Å². The van der Waals surface area contributed by atoms with Gasteiger partial charge in [-0.1, -0.05) is 22.9 Å². The highest BCUT2D eigenvalue weighted by Crippen LogP contribution is 2.36. The van der Waals surface area contributed by atoms with Gasteiger partial charge in [-0.05, 0) is 55.0 Å². The molecule has 16 heavy (non-hydrogen) atoms. The minimum Gasteiger partial charge on any atom is -0.508 e. The fourth-order valence-electron chi connectivity index (χ4n) is 1.96. The van der Waals surface area contributed by atoms with Crippen molar-refractivity contribution >= 4 is 15.9 Å². The van der Waals surface area contributed by atoms with E-state index >= 15 is 0 Å². The predicted octanol–water partition coefficient (Wildman–Crippen LogP) is 3.29. The average Bonchev–Trinajstić information content (AvgIpc) is 3.06. The van der Waals surface area contributed by atoms with Gasteiger partial charge in [0.25, 0.3) is 0 Å². The molecule has 1 atom stereocenters. The molecule has 1 aliphatic rings. The van der Waals surface area contributed by atoms with E-state index in [1.807, 2.05) is 6.07 Å². The Kier molecular flexibility index (Phi) is 3.87. The van der Waals surface area contributed by atoms with Crippen LogP contribution in [0.3, 0.4) is 0 Å². The molecule has 0 bridgehead atoms. The van der Waals surface area contributed by atoms with Crippen molar-refractivity contribution in [3.05, 3.63) is 28.2 Å². The zero-order valence-corrected chi connectivity index (χ0v) is 11.1. The zero-order valence-electron chi connectivity index (χ0n) is 9.54. The van der Waals surface area contributed by atoms with E-state index in [0.717, 1.165) is 35.0 Å². The van der Waals surface area contributed by atoms with E-state index in [-0.39, 0.29) is 0 Å². The molecule has 0 aliphatic heterocycles. The molecular formula is C13H18BrNO. The Balaban J connectivity index is 1.81. The number of halogens is 1. The lowest BCUT2D eigenvalue weighted by molar-refractivity contribution is 0.458. The van der Waals surface area contributed by atoms with Gasteiger partial charge in [-0.15, -0.1) is 0 Å². The molecule has 2 N–H and O–H groups in total. The maximum Gasteiger partial charge on any atom is 0.115 e. The molecule has 1 aromatic carbocycles. The van der Waals surface area contributed by atoms with Crippen LogP contribution >= 0.6 is 15.9 Å². The van der Waals surface area contributed by atoms with E-state index in [1.165, 1.54) is 12.8 Å². The number of hydrogen-bond acceptors (Lipinski definition) is 2. The summed E-state index contributed by atoms with van der Waals surface area (Å²) in [5.41, 5.74) is 1.11. The van der Waals surface area contributed by atoms with Crippen LogP contribution in [0, 0.1) is 11.8 Å². The lowest BCUT2D eigenvalue weighted by Gasteiger charge is -2.12. The first-order valence-corrected chi connectivity index (χ1v) is 6.64. The minimum absolute atomic E-state index is 0.329. The number of nitrogens with one attached hydrogen (secondary N) is 1. The molecule has 0 radical (unpaired) electrons. The smallest absolute Gasteiger partial charge is 0.115 e. The van der Waals surface area contributed by atoms with Crippen molar-refractivity contribution in [1.29, 1.82) is 0 Å². The van der Waals surface area contributed by atoms with Crippen LogP contribution in [0.5, 0.6) is 5.75 Å². The van der Waals surface area contributed by atoms with E-state index in [9.17, 15) is 5.11 Å². The van der Waals surface area contributed by atoms with Gasteiger partial charge in [0.15, 0.2) is 0 Å². The second-order valence-corrected chi connectivity index (χ2v) is 5.58. The number of phenols is 1. The molecule has 1 aliphatic carbocycles. The lowest BCUT2D eigenvalue weighted by Crippen LogP contribution is -2.21. The van der Waals surface area contributed by atoms with Gasteiger partial charge in [0.05, 0.1) is 0 Å². The second kappa shape index (κ2) is 5.19. The summed E-state index contributed by atoms with van der Waals surface area (Å²) in [4.78, 5) is 0. The van der Waals surface area contributed by atoms with E-state index in [1.54, 1.807) is 12.1 Å². The SMILES string of the molecule is CC(CNCc1cc(O)ccc1Br)C1CC1. The second-order valence-electron chi connectivity index (χ2n) is 4.72. The molecule has 0 spiro atoms. The van der Waals surface area contributed by atoms with Crippen molar-refractivity contribution in [2.75, 3.05) is 6.54 Å². The van der Waals surface area contributed by atoms with Gasteiger partial charge < -0.3 is 10.4 Å². The van der Waals surface area contributed by atoms with Crippen molar-refractivity contribution in [2.24, 2.45) is 11.8 Å². The van der Waals surface area contributed by atoms with Crippen molar-refractivity contribution in [3.63, 3.8) is 0 Å². The van der Waals surface area contributed by atoms with Crippen molar-refractivity contribution < 1.29 is 5.11 Å².